The smallest absolute Gasteiger partial charge is 0.0409 e. The van der Waals surface area contributed by atoms with Gasteiger partial charge in [0.05, 0.1) is 0 Å². The summed E-state index contributed by atoms with van der Waals surface area (Å²) < 4.78 is 0. The normalized spacial score (nSPS) is 12.4. The van der Waals surface area contributed by atoms with E-state index in [1.807, 2.05) is 25.1 Å². The van der Waals surface area contributed by atoms with Crippen LogP contribution >= 0.6 is 23.4 Å². The fourth-order valence-corrected chi connectivity index (χ4v) is 2.80. The summed E-state index contributed by atoms with van der Waals surface area (Å²) >= 11 is 7.77. The van der Waals surface area contributed by atoms with Gasteiger partial charge in [0, 0.05) is 21.7 Å². The Morgan fingerprint density at radius 1 is 1.17 bits per heavy atom. The van der Waals surface area contributed by atoms with Gasteiger partial charge >= 0.3 is 0 Å². The second-order valence-corrected chi connectivity index (χ2v) is 5.76. The molecule has 0 bridgehead atoms. The van der Waals surface area contributed by atoms with E-state index in [-0.39, 0.29) is 6.04 Å². The maximum atomic E-state index is 5.97. The molecule has 0 spiro atoms. The highest BCUT2D eigenvalue weighted by Gasteiger charge is 2.02. The SMILES string of the molecule is CC(N)c1cccc(SCc2cccc(Cl)c2)c1. The van der Waals surface area contributed by atoms with E-state index in [1.165, 1.54) is 16.0 Å². The molecule has 18 heavy (non-hydrogen) atoms. The van der Waals surface area contributed by atoms with Crippen LogP contribution in [-0.2, 0) is 5.75 Å². The van der Waals surface area contributed by atoms with Crippen LogP contribution in [0.25, 0.3) is 0 Å². The van der Waals surface area contributed by atoms with Crippen molar-refractivity contribution in [2.75, 3.05) is 0 Å². The predicted molar refractivity (Wildman–Crippen MR) is 80.1 cm³/mol. The first-order valence-electron chi connectivity index (χ1n) is 5.88. The Kier molecular flexibility index (Phi) is 4.70. The van der Waals surface area contributed by atoms with Crippen LogP contribution in [0.15, 0.2) is 53.4 Å². The van der Waals surface area contributed by atoms with Crippen molar-refractivity contribution < 1.29 is 0 Å². The highest BCUT2D eigenvalue weighted by atomic mass is 35.5. The highest BCUT2D eigenvalue weighted by molar-refractivity contribution is 7.98. The molecule has 2 aromatic carbocycles. The number of nitrogens with two attached hydrogens (primary N) is 1. The van der Waals surface area contributed by atoms with Crippen molar-refractivity contribution in [2.24, 2.45) is 5.73 Å². The third kappa shape index (κ3) is 3.77. The molecule has 0 heterocycles. The number of halogens is 1. The van der Waals surface area contributed by atoms with Gasteiger partial charge in [-0.3, -0.25) is 0 Å². The van der Waals surface area contributed by atoms with Crippen LogP contribution in [0, 0.1) is 0 Å². The van der Waals surface area contributed by atoms with Gasteiger partial charge in [-0.25, -0.2) is 0 Å². The molecule has 0 aliphatic heterocycles. The minimum atomic E-state index is 0.0803. The summed E-state index contributed by atoms with van der Waals surface area (Å²) in [7, 11) is 0. The largest absolute Gasteiger partial charge is 0.324 e. The number of benzene rings is 2. The van der Waals surface area contributed by atoms with Crippen LogP contribution in [0.4, 0.5) is 0 Å². The van der Waals surface area contributed by atoms with Gasteiger partial charge in [-0.1, -0.05) is 35.9 Å². The zero-order valence-corrected chi connectivity index (χ0v) is 11.8. The number of hydrogen-bond donors (Lipinski definition) is 1. The molecule has 0 amide bonds. The van der Waals surface area contributed by atoms with Gasteiger partial charge < -0.3 is 5.73 Å². The zero-order chi connectivity index (χ0) is 13.0. The predicted octanol–water partition coefficient (Wildman–Crippen LogP) is 4.65. The van der Waals surface area contributed by atoms with E-state index in [0.29, 0.717) is 0 Å². The van der Waals surface area contributed by atoms with Crippen molar-refractivity contribution in [2.45, 2.75) is 23.6 Å². The van der Waals surface area contributed by atoms with Crippen LogP contribution in [0.1, 0.15) is 24.1 Å². The number of rotatable bonds is 4. The first-order chi connectivity index (χ1) is 8.65. The molecule has 0 radical (unpaired) electrons. The van der Waals surface area contributed by atoms with Gasteiger partial charge in [-0.2, -0.15) is 0 Å². The molecular weight excluding hydrogens is 262 g/mol. The topological polar surface area (TPSA) is 26.0 Å². The number of thioether (sulfide) groups is 1. The maximum absolute atomic E-state index is 5.97. The van der Waals surface area contributed by atoms with Crippen LogP contribution < -0.4 is 5.73 Å². The van der Waals surface area contributed by atoms with Crippen molar-refractivity contribution in [3.05, 3.63) is 64.7 Å². The summed E-state index contributed by atoms with van der Waals surface area (Å²) in [5.74, 6) is 0.920. The molecule has 0 aliphatic carbocycles. The first-order valence-corrected chi connectivity index (χ1v) is 7.24. The van der Waals surface area contributed by atoms with E-state index >= 15 is 0 Å². The fraction of sp³-hybridized carbons (Fsp3) is 0.200. The van der Waals surface area contributed by atoms with E-state index in [9.17, 15) is 0 Å². The Morgan fingerprint density at radius 3 is 2.67 bits per heavy atom. The molecule has 0 fully saturated rings. The molecule has 0 aromatic heterocycles. The lowest BCUT2D eigenvalue weighted by Gasteiger charge is -2.08. The Labute approximate surface area is 117 Å². The second-order valence-electron chi connectivity index (χ2n) is 4.28. The lowest BCUT2D eigenvalue weighted by molar-refractivity contribution is 0.815. The molecule has 1 unspecified atom stereocenters. The molecule has 1 nitrogen and oxygen atoms in total. The molecule has 2 aromatic rings. The maximum Gasteiger partial charge on any atom is 0.0409 e. The van der Waals surface area contributed by atoms with E-state index in [4.69, 9.17) is 17.3 Å². The molecule has 2 N–H and O–H groups in total. The third-order valence-corrected chi connectivity index (χ3v) is 3.98. The minimum absolute atomic E-state index is 0.0803. The molecule has 2 rings (SSSR count). The summed E-state index contributed by atoms with van der Waals surface area (Å²) in [6, 6.07) is 16.4. The minimum Gasteiger partial charge on any atom is -0.324 e. The first kappa shape index (κ1) is 13.5. The standard InChI is InChI=1S/C15H16ClNS/c1-11(17)13-5-3-7-15(9-13)18-10-12-4-2-6-14(16)8-12/h2-9,11H,10,17H2,1H3. The summed E-state index contributed by atoms with van der Waals surface area (Å²) in [5.41, 5.74) is 8.29. The van der Waals surface area contributed by atoms with Crippen LogP contribution in [0.2, 0.25) is 5.02 Å². The van der Waals surface area contributed by atoms with Gasteiger partial charge in [-0.05, 0) is 42.3 Å². The van der Waals surface area contributed by atoms with Crippen LogP contribution in [0.3, 0.4) is 0 Å². The van der Waals surface area contributed by atoms with Gasteiger partial charge in [0.2, 0.25) is 0 Å². The van der Waals surface area contributed by atoms with Crippen molar-refractivity contribution in [3.63, 3.8) is 0 Å². The van der Waals surface area contributed by atoms with Gasteiger partial charge in [0.15, 0.2) is 0 Å². The highest BCUT2D eigenvalue weighted by Crippen LogP contribution is 2.25. The quantitative estimate of drug-likeness (QED) is 0.823. The van der Waals surface area contributed by atoms with Gasteiger partial charge in [0.1, 0.15) is 0 Å². The monoisotopic (exact) mass is 277 g/mol. The lowest BCUT2D eigenvalue weighted by atomic mass is 10.1. The van der Waals surface area contributed by atoms with Gasteiger partial charge in [-0.15, -0.1) is 11.8 Å². The molecule has 94 valence electrons. The lowest BCUT2D eigenvalue weighted by Crippen LogP contribution is -2.04. The van der Waals surface area contributed by atoms with E-state index in [1.54, 1.807) is 11.8 Å². The molecule has 1 atom stereocenters. The van der Waals surface area contributed by atoms with Crippen molar-refractivity contribution in [3.8, 4) is 0 Å². The molecule has 0 saturated carbocycles. The molecule has 3 heteroatoms. The van der Waals surface area contributed by atoms with Gasteiger partial charge in [0.25, 0.3) is 0 Å². The van der Waals surface area contributed by atoms with E-state index in [2.05, 4.69) is 30.3 Å². The second kappa shape index (κ2) is 6.28. The molecule has 0 saturated heterocycles. The molecule has 0 aliphatic rings. The van der Waals surface area contributed by atoms with Crippen LogP contribution in [0.5, 0.6) is 0 Å². The fourth-order valence-electron chi connectivity index (χ4n) is 1.68. The Hall–Kier alpha value is -0.960. The van der Waals surface area contributed by atoms with Crippen LogP contribution in [-0.4, -0.2) is 0 Å². The summed E-state index contributed by atoms with van der Waals surface area (Å²) in [4.78, 5) is 1.24. The Morgan fingerprint density at radius 2 is 1.94 bits per heavy atom. The van der Waals surface area contributed by atoms with Crippen molar-refractivity contribution in [1.29, 1.82) is 0 Å². The molecular formula is C15H16ClNS. The average Bonchev–Trinajstić information content (AvgIpc) is 2.37. The summed E-state index contributed by atoms with van der Waals surface area (Å²) in [5, 5.41) is 0.789. The zero-order valence-electron chi connectivity index (χ0n) is 10.3. The average molecular weight is 278 g/mol. The summed E-state index contributed by atoms with van der Waals surface area (Å²) in [6.45, 7) is 2.00. The Bertz CT molecular complexity index is 525. The number of hydrogen-bond acceptors (Lipinski definition) is 2. The van der Waals surface area contributed by atoms with E-state index in [0.717, 1.165) is 10.8 Å². The van der Waals surface area contributed by atoms with Crippen molar-refractivity contribution in [1.82, 2.24) is 0 Å². The summed E-state index contributed by atoms with van der Waals surface area (Å²) in [6.07, 6.45) is 0. The van der Waals surface area contributed by atoms with E-state index < -0.39 is 0 Å². The van der Waals surface area contributed by atoms with Crippen molar-refractivity contribution >= 4 is 23.4 Å². The third-order valence-electron chi connectivity index (χ3n) is 2.68. The Balaban J connectivity index is 2.04.